The Hall–Kier alpha value is -1.58. The van der Waals surface area contributed by atoms with Crippen molar-refractivity contribution < 1.29 is 14.4 Å². The summed E-state index contributed by atoms with van der Waals surface area (Å²) < 4.78 is 0. The van der Waals surface area contributed by atoms with Gasteiger partial charge in [-0.25, -0.2) is 4.99 Å². The first-order valence-electron chi connectivity index (χ1n) is 4.29. The molecule has 74 valence electrons. The highest BCUT2D eigenvalue weighted by atomic mass is 16.2. The van der Waals surface area contributed by atoms with Gasteiger partial charge in [0.25, 0.3) is 0 Å². The second-order valence-corrected chi connectivity index (χ2v) is 3.29. The normalized spacial score (nSPS) is 25.2. The zero-order valence-corrected chi connectivity index (χ0v) is 8.33. The number of nitrogens with zero attached hydrogens (tertiary/aromatic N) is 1. The third-order valence-electron chi connectivity index (χ3n) is 2.07. The minimum atomic E-state index is -0.601. The zero-order chi connectivity index (χ0) is 10.9. The molecule has 0 saturated heterocycles. The minimum absolute atomic E-state index is 0.0492. The van der Waals surface area contributed by atoms with Crippen LogP contribution in [0, 0.1) is 5.92 Å². The van der Waals surface area contributed by atoms with Crippen LogP contribution in [-0.2, 0) is 14.4 Å². The maximum Gasteiger partial charge on any atom is 0.242 e. The minimum Gasteiger partial charge on any atom is -0.294 e. The van der Waals surface area contributed by atoms with Crippen LogP contribution in [-0.4, -0.2) is 23.2 Å². The Balaban J connectivity index is 3.18. The summed E-state index contributed by atoms with van der Waals surface area (Å²) in [6, 6.07) is 0. The lowest BCUT2D eigenvalue weighted by atomic mass is 9.87. The van der Waals surface area contributed by atoms with Crippen LogP contribution in [0.25, 0.3) is 0 Å². The molecule has 1 rings (SSSR count). The average molecular weight is 193 g/mol. The van der Waals surface area contributed by atoms with E-state index in [2.05, 4.69) is 4.99 Å². The first kappa shape index (κ1) is 10.5. The van der Waals surface area contributed by atoms with Crippen molar-refractivity contribution in [3.8, 4) is 0 Å². The van der Waals surface area contributed by atoms with Gasteiger partial charge < -0.3 is 0 Å². The Morgan fingerprint density at radius 3 is 2.50 bits per heavy atom. The zero-order valence-electron chi connectivity index (χ0n) is 8.33. The lowest BCUT2D eigenvalue weighted by Gasteiger charge is -2.16. The molecule has 4 nitrogen and oxygen atoms in total. The molecule has 0 heterocycles. The second-order valence-electron chi connectivity index (χ2n) is 3.29. The fraction of sp³-hybridized carbons (Fsp3) is 0.400. The van der Waals surface area contributed by atoms with Gasteiger partial charge in [-0.15, -0.1) is 0 Å². The van der Waals surface area contributed by atoms with Gasteiger partial charge in [-0.05, 0) is 25.5 Å². The van der Waals surface area contributed by atoms with Gasteiger partial charge in [-0.1, -0.05) is 0 Å². The van der Waals surface area contributed by atoms with Crippen molar-refractivity contribution >= 4 is 23.2 Å². The van der Waals surface area contributed by atoms with Crippen LogP contribution in [0.1, 0.15) is 20.8 Å². The van der Waals surface area contributed by atoms with Crippen molar-refractivity contribution in [1.29, 1.82) is 0 Å². The van der Waals surface area contributed by atoms with Gasteiger partial charge in [0.05, 0.1) is 5.92 Å². The molecule has 0 aromatic heterocycles. The maximum absolute atomic E-state index is 11.4. The smallest absolute Gasteiger partial charge is 0.242 e. The number of Topliss-reactive ketones (excluding diaryl/α,β-unsaturated/α-hetero) is 1. The Labute approximate surface area is 81.7 Å². The summed E-state index contributed by atoms with van der Waals surface area (Å²) in [5, 5.41) is 0. The van der Waals surface area contributed by atoms with Crippen molar-refractivity contribution in [3.63, 3.8) is 0 Å². The summed E-state index contributed by atoms with van der Waals surface area (Å²) in [6.07, 6.45) is 1.23. The van der Waals surface area contributed by atoms with E-state index < -0.39 is 11.8 Å². The lowest BCUT2D eigenvalue weighted by molar-refractivity contribution is -0.119. The van der Waals surface area contributed by atoms with E-state index in [1.54, 1.807) is 13.8 Å². The number of ketones is 2. The number of rotatable bonds is 0. The van der Waals surface area contributed by atoms with Gasteiger partial charge in [-0.2, -0.15) is 0 Å². The van der Waals surface area contributed by atoms with Gasteiger partial charge >= 0.3 is 0 Å². The third-order valence-corrected chi connectivity index (χ3v) is 2.07. The lowest BCUT2D eigenvalue weighted by Crippen LogP contribution is -2.33. The summed E-state index contributed by atoms with van der Waals surface area (Å²) in [6.45, 7) is 4.42. The van der Waals surface area contributed by atoms with Gasteiger partial charge in [0.2, 0.25) is 11.7 Å². The number of carbonyl (C=O) groups excluding carboxylic acids is 3. The number of carbonyl (C=O) groups is 3. The summed E-state index contributed by atoms with van der Waals surface area (Å²) in [5.41, 5.74) is 0.470. The summed E-state index contributed by atoms with van der Waals surface area (Å²) in [4.78, 5) is 37.1. The van der Waals surface area contributed by atoms with E-state index in [1.165, 1.54) is 13.0 Å². The summed E-state index contributed by atoms with van der Waals surface area (Å²) in [5.74, 6) is -1.55. The molecule has 14 heavy (non-hydrogen) atoms. The van der Waals surface area contributed by atoms with Crippen LogP contribution in [0.15, 0.2) is 16.6 Å². The van der Waals surface area contributed by atoms with Gasteiger partial charge in [0.15, 0.2) is 5.78 Å². The third kappa shape index (κ3) is 1.84. The van der Waals surface area contributed by atoms with E-state index in [1.807, 2.05) is 0 Å². The van der Waals surface area contributed by atoms with E-state index >= 15 is 0 Å². The molecular formula is C10H11NO3. The van der Waals surface area contributed by atoms with Crippen molar-refractivity contribution in [1.82, 2.24) is 0 Å². The van der Waals surface area contributed by atoms with Crippen molar-refractivity contribution in [2.24, 2.45) is 10.9 Å². The van der Waals surface area contributed by atoms with Crippen LogP contribution >= 0.6 is 0 Å². The standard InChI is InChI=1S/C10H11NO3/c1-5-4-8(13)9(11-7(3)12)6(2)10(5)14/h4,6H,1-3H3. The number of hydrogen-bond donors (Lipinski definition) is 0. The van der Waals surface area contributed by atoms with Gasteiger partial charge in [0.1, 0.15) is 5.71 Å². The highest BCUT2D eigenvalue weighted by Gasteiger charge is 2.30. The monoisotopic (exact) mass is 193 g/mol. The first-order valence-corrected chi connectivity index (χ1v) is 4.29. The molecule has 1 amide bonds. The SMILES string of the molecule is CC(=O)N=C1C(=O)C=C(C)C(=O)C1C. The van der Waals surface area contributed by atoms with E-state index in [4.69, 9.17) is 0 Å². The molecule has 4 heteroatoms. The predicted molar refractivity (Wildman–Crippen MR) is 51.1 cm³/mol. The summed E-state index contributed by atoms with van der Waals surface area (Å²) in [7, 11) is 0. The fourth-order valence-corrected chi connectivity index (χ4v) is 1.34. The maximum atomic E-state index is 11.4. The molecule has 0 radical (unpaired) electrons. The molecule has 0 aliphatic heterocycles. The molecule has 0 bridgehead atoms. The number of amides is 1. The Morgan fingerprint density at radius 1 is 1.43 bits per heavy atom. The van der Waals surface area contributed by atoms with E-state index in [-0.39, 0.29) is 17.3 Å². The molecule has 0 fully saturated rings. The van der Waals surface area contributed by atoms with E-state index in [0.29, 0.717) is 5.57 Å². The van der Waals surface area contributed by atoms with E-state index in [0.717, 1.165) is 0 Å². The average Bonchev–Trinajstić information content (AvgIpc) is 2.09. The highest BCUT2D eigenvalue weighted by molar-refractivity contribution is 6.51. The van der Waals surface area contributed by atoms with Crippen molar-refractivity contribution in [3.05, 3.63) is 11.6 Å². The Kier molecular flexibility index (Phi) is 2.74. The van der Waals surface area contributed by atoms with Crippen LogP contribution in [0.4, 0.5) is 0 Å². The Bertz CT molecular complexity index is 377. The topological polar surface area (TPSA) is 63.6 Å². The molecule has 0 aromatic rings. The van der Waals surface area contributed by atoms with Crippen LogP contribution in [0.3, 0.4) is 0 Å². The number of aliphatic imine (C=N–C) groups is 1. The predicted octanol–water partition coefficient (Wildman–Crippen LogP) is 0.708. The van der Waals surface area contributed by atoms with Crippen molar-refractivity contribution in [2.45, 2.75) is 20.8 Å². The molecule has 1 aliphatic carbocycles. The molecular weight excluding hydrogens is 182 g/mol. The Morgan fingerprint density at radius 2 is 2.00 bits per heavy atom. The highest BCUT2D eigenvalue weighted by Crippen LogP contribution is 2.15. The molecule has 1 unspecified atom stereocenters. The van der Waals surface area contributed by atoms with Gasteiger partial charge in [-0.3, -0.25) is 14.4 Å². The fourth-order valence-electron chi connectivity index (χ4n) is 1.34. The largest absolute Gasteiger partial charge is 0.294 e. The van der Waals surface area contributed by atoms with Crippen LogP contribution in [0.2, 0.25) is 0 Å². The number of allylic oxidation sites excluding steroid dienone is 2. The number of hydrogen-bond acceptors (Lipinski definition) is 3. The molecule has 0 aromatic carbocycles. The first-order chi connectivity index (χ1) is 6.43. The molecule has 0 spiro atoms. The second kappa shape index (κ2) is 3.65. The molecule has 0 saturated carbocycles. The molecule has 0 N–H and O–H groups in total. The van der Waals surface area contributed by atoms with Crippen molar-refractivity contribution in [2.75, 3.05) is 0 Å². The molecule has 1 aliphatic rings. The summed E-state index contributed by atoms with van der Waals surface area (Å²) >= 11 is 0. The van der Waals surface area contributed by atoms with Crippen LogP contribution in [0.5, 0.6) is 0 Å². The van der Waals surface area contributed by atoms with Crippen LogP contribution < -0.4 is 0 Å². The van der Waals surface area contributed by atoms with E-state index in [9.17, 15) is 14.4 Å². The quantitative estimate of drug-likeness (QED) is 0.569. The molecule has 1 atom stereocenters. The van der Waals surface area contributed by atoms with Gasteiger partial charge in [0, 0.05) is 6.92 Å².